The molecular formula is C13H16ClNO3. The molecule has 1 aromatic rings. The first-order valence-corrected chi connectivity index (χ1v) is 6.30. The maximum atomic E-state index is 12.4. The molecule has 1 aliphatic heterocycles. The second kappa shape index (κ2) is 5.59. The van der Waals surface area contributed by atoms with E-state index in [0.717, 1.165) is 12.8 Å². The molecule has 0 aliphatic carbocycles. The lowest BCUT2D eigenvalue weighted by Crippen LogP contribution is -2.37. The second-order valence-corrected chi connectivity index (χ2v) is 4.76. The van der Waals surface area contributed by atoms with Gasteiger partial charge < -0.3 is 14.7 Å². The van der Waals surface area contributed by atoms with E-state index in [2.05, 4.69) is 0 Å². The van der Waals surface area contributed by atoms with Crippen LogP contribution in [0.2, 0.25) is 5.02 Å². The minimum atomic E-state index is -0.111. The summed E-state index contributed by atoms with van der Waals surface area (Å²) in [6, 6.07) is 4.87. The van der Waals surface area contributed by atoms with Gasteiger partial charge in [0.2, 0.25) is 0 Å². The van der Waals surface area contributed by atoms with Crippen LogP contribution in [0.15, 0.2) is 18.2 Å². The zero-order valence-electron chi connectivity index (χ0n) is 10.2. The fourth-order valence-corrected chi connectivity index (χ4v) is 2.45. The fourth-order valence-electron chi connectivity index (χ4n) is 2.29. The minimum Gasteiger partial charge on any atom is -0.496 e. The van der Waals surface area contributed by atoms with Gasteiger partial charge >= 0.3 is 0 Å². The quantitative estimate of drug-likeness (QED) is 0.912. The highest BCUT2D eigenvalue weighted by atomic mass is 35.5. The third-order valence-corrected chi connectivity index (χ3v) is 3.48. The van der Waals surface area contributed by atoms with Crippen molar-refractivity contribution in [1.29, 1.82) is 0 Å². The van der Waals surface area contributed by atoms with Crippen LogP contribution in [-0.2, 0) is 0 Å². The van der Waals surface area contributed by atoms with Crippen LogP contribution in [0.5, 0.6) is 5.75 Å². The smallest absolute Gasteiger partial charge is 0.257 e. The highest BCUT2D eigenvalue weighted by molar-refractivity contribution is 6.30. The molecule has 1 atom stereocenters. The van der Waals surface area contributed by atoms with Crippen molar-refractivity contribution in [3.05, 3.63) is 28.8 Å². The lowest BCUT2D eigenvalue weighted by molar-refractivity contribution is 0.0674. The number of benzene rings is 1. The second-order valence-electron chi connectivity index (χ2n) is 4.32. The number of methoxy groups -OCH3 is 1. The van der Waals surface area contributed by atoms with Gasteiger partial charge in [-0.3, -0.25) is 4.79 Å². The molecule has 1 aliphatic rings. The molecule has 4 nitrogen and oxygen atoms in total. The van der Waals surface area contributed by atoms with Crippen LogP contribution in [0, 0.1) is 0 Å². The molecule has 0 aromatic heterocycles. The Kier molecular flexibility index (Phi) is 4.09. The Morgan fingerprint density at radius 1 is 1.61 bits per heavy atom. The molecule has 5 heteroatoms. The molecule has 18 heavy (non-hydrogen) atoms. The van der Waals surface area contributed by atoms with E-state index in [4.69, 9.17) is 16.3 Å². The van der Waals surface area contributed by atoms with Gasteiger partial charge in [-0.2, -0.15) is 0 Å². The molecule has 2 rings (SSSR count). The Morgan fingerprint density at radius 2 is 2.39 bits per heavy atom. The Morgan fingerprint density at radius 3 is 3.06 bits per heavy atom. The van der Waals surface area contributed by atoms with E-state index in [1.54, 1.807) is 23.1 Å². The van der Waals surface area contributed by atoms with Crippen LogP contribution in [0.3, 0.4) is 0 Å². The van der Waals surface area contributed by atoms with Gasteiger partial charge in [0.1, 0.15) is 5.75 Å². The van der Waals surface area contributed by atoms with Crippen molar-refractivity contribution in [2.45, 2.75) is 18.9 Å². The Hall–Kier alpha value is -1.26. The number of ether oxygens (including phenoxy) is 1. The van der Waals surface area contributed by atoms with Crippen molar-refractivity contribution < 1.29 is 14.6 Å². The number of hydrogen-bond donors (Lipinski definition) is 1. The number of hydrogen-bond acceptors (Lipinski definition) is 3. The topological polar surface area (TPSA) is 49.8 Å². The number of aliphatic hydroxyl groups is 1. The predicted octanol–water partition coefficient (Wildman–Crippen LogP) is 1.95. The summed E-state index contributed by atoms with van der Waals surface area (Å²) in [6.07, 6.45) is 1.77. The molecule has 0 unspecified atom stereocenters. The standard InChI is InChI=1S/C13H16ClNO3/c1-18-12-7-9(14)4-5-11(12)13(17)15-6-2-3-10(15)8-16/h4-5,7,10,16H,2-3,6,8H2,1H3/t10-/m0/s1. The van der Waals surface area contributed by atoms with Crippen LogP contribution in [0.4, 0.5) is 0 Å². The molecule has 1 N–H and O–H groups in total. The number of nitrogens with zero attached hydrogens (tertiary/aromatic N) is 1. The molecule has 1 fully saturated rings. The highest BCUT2D eigenvalue weighted by Gasteiger charge is 2.30. The van der Waals surface area contributed by atoms with Gasteiger partial charge in [-0.1, -0.05) is 11.6 Å². The summed E-state index contributed by atoms with van der Waals surface area (Å²) in [5, 5.41) is 9.79. The number of carbonyl (C=O) groups is 1. The van der Waals surface area contributed by atoms with E-state index in [1.165, 1.54) is 7.11 Å². The first kappa shape index (κ1) is 13.2. The van der Waals surface area contributed by atoms with E-state index in [1.807, 2.05) is 0 Å². The van der Waals surface area contributed by atoms with Gasteiger partial charge in [0.25, 0.3) is 5.91 Å². The zero-order chi connectivity index (χ0) is 13.1. The van der Waals surface area contributed by atoms with Gasteiger partial charge in [-0.05, 0) is 31.0 Å². The molecule has 1 saturated heterocycles. The van der Waals surface area contributed by atoms with Gasteiger partial charge in [-0.25, -0.2) is 0 Å². The van der Waals surface area contributed by atoms with Crippen LogP contribution >= 0.6 is 11.6 Å². The molecule has 0 spiro atoms. The minimum absolute atomic E-state index is 0.00163. The van der Waals surface area contributed by atoms with E-state index in [-0.39, 0.29) is 18.6 Å². The number of halogens is 1. The zero-order valence-corrected chi connectivity index (χ0v) is 11.0. The van der Waals surface area contributed by atoms with Crippen molar-refractivity contribution in [1.82, 2.24) is 4.90 Å². The van der Waals surface area contributed by atoms with Gasteiger partial charge in [0.15, 0.2) is 0 Å². The van der Waals surface area contributed by atoms with E-state index >= 15 is 0 Å². The molecule has 1 heterocycles. The normalized spacial score (nSPS) is 19.1. The molecule has 0 saturated carbocycles. The maximum absolute atomic E-state index is 12.4. The SMILES string of the molecule is COc1cc(Cl)ccc1C(=O)N1CCC[C@H]1CO. The maximum Gasteiger partial charge on any atom is 0.257 e. The first-order valence-electron chi connectivity index (χ1n) is 5.92. The third kappa shape index (κ3) is 2.44. The van der Waals surface area contributed by atoms with Crippen molar-refractivity contribution in [2.24, 2.45) is 0 Å². The molecule has 0 radical (unpaired) electrons. The fraction of sp³-hybridized carbons (Fsp3) is 0.462. The summed E-state index contributed by atoms with van der Waals surface area (Å²) in [5.41, 5.74) is 0.488. The average molecular weight is 270 g/mol. The van der Waals surface area contributed by atoms with Crippen molar-refractivity contribution in [3.63, 3.8) is 0 Å². The van der Waals surface area contributed by atoms with Gasteiger partial charge in [0.05, 0.1) is 25.3 Å². The summed E-state index contributed by atoms with van der Waals surface area (Å²) < 4.78 is 5.18. The Bertz CT molecular complexity index is 450. The number of amides is 1. The van der Waals surface area contributed by atoms with Crippen LogP contribution in [0.1, 0.15) is 23.2 Å². The highest BCUT2D eigenvalue weighted by Crippen LogP contribution is 2.27. The van der Waals surface area contributed by atoms with Crippen molar-refractivity contribution >= 4 is 17.5 Å². The summed E-state index contributed by atoms with van der Waals surface area (Å²) >= 11 is 5.87. The summed E-state index contributed by atoms with van der Waals surface area (Å²) in [7, 11) is 1.51. The molecule has 98 valence electrons. The first-order chi connectivity index (χ1) is 8.67. The number of likely N-dealkylation sites (tertiary alicyclic amines) is 1. The van der Waals surface area contributed by atoms with Gasteiger partial charge in [-0.15, -0.1) is 0 Å². The molecule has 1 aromatic carbocycles. The van der Waals surface area contributed by atoms with Crippen LogP contribution in [0.25, 0.3) is 0 Å². The number of carbonyl (C=O) groups excluding carboxylic acids is 1. The summed E-state index contributed by atoms with van der Waals surface area (Å²) in [4.78, 5) is 14.1. The van der Waals surface area contributed by atoms with E-state index in [9.17, 15) is 9.90 Å². The summed E-state index contributed by atoms with van der Waals surface area (Å²) in [6.45, 7) is 0.678. The summed E-state index contributed by atoms with van der Waals surface area (Å²) in [5.74, 6) is 0.358. The molecule has 1 amide bonds. The largest absolute Gasteiger partial charge is 0.496 e. The Labute approximate surface area is 111 Å². The van der Waals surface area contributed by atoms with Crippen molar-refractivity contribution in [2.75, 3.05) is 20.3 Å². The number of aliphatic hydroxyl groups excluding tert-OH is 1. The van der Waals surface area contributed by atoms with Gasteiger partial charge in [0, 0.05) is 11.6 Å². The average Bonchev–Trinajstić information content (AvgIpc) is 2.86. The van der Waals surface area contributed by atoms with E-state index in [0.29, 0.717) is 22.9 Å². The van der Waals surface area contributed by atoms with Crippen molar-refractivity contribution in [3.8, 4) is 5.75 Å². The van der Waals surface area contributed by atoms with Crippen LogP contribution < -0.4 is 4.74 Å². The molecule has 0 bridgehead atoms. The van der Waals surface area contributed by atoms with Crippen LogP contribution in [-0.4, -0.2) is 42.2 Å². The Balaban J connectivity index is 2.28. The lowest BCUT2D eigenvalue weighted by atomic mass is 10.1. The third-order valence-electron chi connectivity index (χ3n) is 3.24. The lowest BCUT2D eigenvalue weighted by Gasteiger charge is -2.23. The van der Waals surface area contributed by atoms with E-state index < -0.39 is 0 Å². The molecular weight excluding hydrogens is 254 g/mol. The predicted molar refractivity (Wildman–Crippen MR) is 69.1 cm³/mol. The number of rotatable bonds is 3. The monoisotopic (exact) mass is 269 g/mol.